The van der Waals surface area contributed by atoms with Crippen molar-refractivity contribution in [1.29, 1.82) is 0 Å². The number of benzene rings is 1. The van der Waals surface area contributed by atoms with Crippen LogP contribution in [-0.2, 0) is 13.1 Å². The smallest absolute Gasteiger partial charge is 0.240 e. The van der Waals surface area contributed by atoms with Crippen molar-refractivity contribution in [2.75, 3.05) is 38.2 Å². The standard InChI is InChI=1S/C15H21N5O2.2ClH/c1-21-13-4-2-3-12(9-13)20-7-5-19(6-8-20)11-14-17-15(10-16)22-18-14;;/h2-4,9H,5-8,10-11,16H2,1H3;2*1H. The number of aromatic nitrogens is 2. The molecule has 24 heavy (non-hydrogen) atoms. The number of anilines is 1. The molecule has 0 bridgehead atoms. The molecule has 3 rings (SSSR count). The van der Waals surface area contributed by atoms with Gasteiger partial charge in [0.1, 0.15) is 5.75 Å². The maximum Gasteiger partial charge on any atom is 0.240 e. The molecule has 2 heterocycles. The predicted octanol–water partition coefficient (Wildman–Crippen LogP) is 1.70. The Morgan fingerprint density at radius 2 is 1.96 bits per heavy atom. The Bertz CT molecular complexity index is 617. The summed E-state index contributed by atoms with van der Waals surface area (Å²) in [5.74, 6) is 2.08. The molecule has 1 aliphatic heterocycles. The third-order valence-corrected chi connectivity index (χ3v) is 3.84. The lowest BCUT2D eigenvalue weighted by atomic mass is 10.2. The fraction of sp³-hybridized carbons (Fsp3) is 0.467. The number of hydrogen-bond donors (Lipinski definition) is 1. The highest BCUT2D eigenvalue weighted by Gasteiger charge is 2.19. The third kappa shape index (κ3) is 4.98. The van der Waals surface area contributed by atoms with Crippen LogP contribution in [0.15, 0.2) is 28.8 Å². The highest BCUT2D eigenvalue weighted by molar-refractivity contribution is 5.85. The van der Waals surface area contributed by atoms with E-state index in [4.69, 9.17) is 15.0 Å². The molecule has 2 aromatic rings. The SMILES string of the molecule is COc1cccc(N2CCN(Cc3noc(CN)n3)CC2)c1.Cl.Cl. The van der Waals surface area contributed by atoms with Crippen molar-refractivity contribution in [3.63, 3.8) is 0 Å². The van der Waals surface area contributed by atoms with Crippen molar-refractivity contribution in [3.8, 4) is 5.75 Å². The van der Waals surface area contributed by atoms with Crippen LogP contribution >= 0.6 is 24.8 Å². The van der Waals surface area contributed by atoms with Crippen LogP contribution in [0.3, 0.4) is 0 Å². The molecule has 1 aromatic carbocycles. The molecule has 9 heteroatoms. The van der Waals surface area contributed by atoms with Crippen molar-refractivity contribution in [2.24, 2.45) is 5.73 Å². The lowest BCUT2D eigenvalue weighted by Crippen LogP contribution is -2.46. The molecule has 134 valence electrons. The van der Waals surface area contributed by atoms with E-state index in [-0.39, 0.29) is 31.4 Å². The lowest BCUT2D eigenvalue weighted by molar-refractivity contribution is 0.240. The molecule has 2 N–H and O–H groups in total. The second-order valence-electron chi connectivity index (χ2n) is 5.27. The van der Waals surface area contributed by atoms with E-state index >= 15 is 0 Å². The number of halogens is 2. The first-order chi connectivity index (χ1) is 10.8. The molecule has 0 unspecified atom stereocenters. The van der Waals surface area contributed by atoms with Gasteiger partial charge in [0.25, 0.3) is 0 Å². The maximum atomic E-state index is 5.48. The first-order valence-electron chi connectivity index (χ1n) is 7.41. The number of hydrogen-bond acceptors (Lipinski definition) is 7. The summed E-state index contributed by atoms with van der Waals surface area (Å²) in [6.07, 6.45) is 0. The molecule has 1 fully saturated rings. The predicted molar refractivity (Wildman–Crippen MR) is 97.2 cm³/mol. The Morgan fingerprint density at radius 3 is 2.58 bits per heavy atom. The van der Waals surface area contributed by atoms with Crippen LogP contribution in [-0.4, -0.2) is 48.3 Å². The highest BCUT2D eigenvalue weighted by atomic mass is 35.5. The molecule has 7 nitrogen and oxygen atoms in total. The summed E-state index contributed by atoms with van der Waals surface area (Å²) in [4.78, 5) is 8.93. The zero-order chi connectivity index (χ0) is 15.4. The van der Waals surface area contributed by atoms with Crippen molar-refractivity contribution in [3.05, 3.63) is 36.0 Å². The van der Waals surface area contributed by atoms with Crippen LogP contribution in [0.2, 0.25) is 0 Å². The normalized spacial score (nSPS) is 14.7. The van der Waals surface area contributed by atoms with Crippen LogP contribution in [0.1, 0.15) is 11.7 Å². The van der Waals surface area contributed by atoms with Gasteiger partial charge in [0, 0.05) is 37.9 Å². The fourth-order valence-corrected chi connectivity index (χ4v) is 2.61. The average Bonchev–Trinajstić information content (AvgIpc) is 3.03. The van der Waals surface area contributed by atoms with Gasteiger partial charge in [-0.1, -0.05) is 11.2 Å². The Hall–Kier alpha value is -1.54. The van der Waals surface area contributed by atoms with Gasteiger partial charge in [0.05, 0.1) is 20.2 Å². The first kappa shape index (κ1) is 20.5. The molecule has 1 aromatic heterocycles. The molecular formula is C15H23Cl2N5O2. The van der Waals surface area contributed by atoms with Crippen molar-refractivity contribution in [2.45, 2.75) is 13.1 Å². The minimum atomic E-state index is 0. The fourth-order valence-electron chi connectivity index (χ4n) is 2.61. The van der Waals surface area contributed by atoms with E-state index in [0.29, 0.717) is 18.3 Å². The summed E-state index contributed by atoms with van der Waals surface area (Å²) in [5, 5.41) is 3.94. The van der Waals surface area contributed by atoms with Crippen molar-refractivity contribution < 1.29 is 9.26 Å². The van der Waals surface area contributed by atoms with Crippen molar-refractivity contribution >= 4 is 30.5 Å². The molecule has 0 amide bonds. The maximum absolute atomic E-state index is 5.48. The van der Waals surface area contributed by atoms with Crippen LogP contribution in [0.25, 0.3) is 0 Å². The quantitative estimate of drug-likeness (QED) is 0.851. The van der Waals surface area contributed by atoms with E-state index in [2.05, 4.69) is 32.1 Å². The minimum Gasteiger partial charge on any atom is -0.497 e. The molecule has 0 radical (unpaired) electrons. The van der Waals surface area contributed by atoms with E-state index in [1.165, 1.54) is 5.69 Å². The van der Waals surface area contributed by atoms with E-state index < -0.39 is 0 Å². The summed E-state index contributed by atoms with van der Waals surface area (Å²) in [7, 11) is 1.69. The largest absolute Gasteiger partial charge is 0.497 e. The Balaban J connectivity index is 0.00000144. The highest BCUT2D eigenvalue weighted by Crippen LogP contribution is 2.22. The molecule has 0 spiro atoms. The Labute approximate surface area is 154 Å². The van der Waals surface area contributed by atoms with Gasteiger partial charge in [0.2, 0.25) is 5.89 Å². The van der Waals surface area contributed by atoms with Gasteiger partial charge < -0.3 is 19.9 Å². The summed E-state index contributed by atoms with van der Waals surface area (Å²) in [6.45, 7) is 4.85. The van der Waals surface area contributed by atoms with Crippen LogP contribution < -0.4 is 15.4 Å². The molecular weight excluding hydrogens is 353 g/mol. The zero-order valence-electron chi connectivity index (χ0n) is 13.6. The summed E-state index contributed by atoms with van der Waals surface area (Å²) in [5.41, 5.74) is 6.67. The van der Waals surface area contributed by atoms with Gasteiger partial charge in [-0.2, -0.15) is 4.98 Å². The van der Waals surface area contributed by atoms with Gasteiger partial charge >= 0.3 is 0 Å². The zero-order valence-corrected chi connectivity index (χ0v) is 15.2. The number of nitrogens with two attached hydrogens (primary N) is 1. The molecule has 0 aliphatic carbocycles. The third-order valence-electron chi connectivity index (χ3n) is 3.84. The first-order valence-corrected chi connectivity index (χ1v) is 7.41. The summed E-state index contributed by atoms with van der Waals surface area (Å²) < 4.78 is 10.3. The van der Waals surface area contributed by atoms with Gasteiger partial charge in [-0.3, -0.25) is 4.90 Å². The lowest BCUT2D eigenvalue weighted by Gasteiger charge is -2.35. The van der Waals surface area contributed by atoms with Crippen LogP contribution in [0.5, 0.6) is 5.75 Å². The Morgan fingerprint density at radius 1 is 1.21 bits per heavy atom. The molecule has 1 aliphatic rings. The van der Waals surface area contributed by atoms with Gasteiger partial charge in [-0.15, -0.1) is 24.8 Å². The van der Waals surface area contributed by atoms with E-state index in [1.54, 1.807) is 7.11 Å². The number of ether oxygens (including phenoxy) is 1. The second-order valence-corrected chi connectivity index (χ2v) is 5.27. The number of methoxy groups -OCH3 is 1. The van der Waals surface area contributed by atoms with Gasteiger partial charge in [-0.25, -0.2) is 0 Å². The van der Waals surface area contributed by atoms with E-state index in [0.717, 1.165) is 31.9 Å². The molecule has 0 atom stereocenters. The Kier molecular flexibility index (Phi) is 8.27. The van der Waals surface area contributed by atoms with E-state index in [9.17, 15) is 0 Å². The van der Waals surface area contributed by atoms with Gasteiger partial charge in [0.15, 0.2) is 5.82 Å². The molecule has 1 saturated heterocycles. The van der Waals surface area contributed by atoms with Gasteiger partial charge in [-0.05, 0) is 12.1 Å². The summed E-state index contributed by atoms with van der Waals surface area (Å²) >= 11 is 0. The topological polar surface area (TPSA) is 80.7 Å². The van der Waals surface area contributed by atoms with Crippen LogP contribution in [0.4, 0.5) is 5.69 Å². The van der Waals surface area contributed by atoms with Crippen LogP contribution in [0, 0.1) is 0 Å². The average molecular weight is 376 g/mol. The summed E-state index contributed by atoms with van der Waals surface area (Å²) in [6, 6.07) is 8.17. The second kappa shape index (κ2) is 9.68. The monoisotopic (exact) mass is 375 g/mol. The number of nitrogens with zero attached hydrogens (tertiary/aromatic N) is 4. The van der Waals surface area contributed by atoms with Crippen molar-refractivity contribution in [1.82, 2.24) is 15.0 Å². The van der Waals surface area contributed by atoms with E-state index in [1.807, 2.05) is 12.1 Å². The minimum absolute atomic E-state index is 0. The number of piperazine rings is 1. The molecule has 0 saturated carbocycles. The number of rotatable bonds is 5.